The quantitative estimate of drug-likeness (QED) is 0.809. The van der Waals surface area contributed by atoms with Crippen molar-refractivity contribution < 1.29 is 0 Å². The largest absolute Gasteiger partial charge is 0.373 e. The number of aromatic nitrogens is 2. The predicted molar refractivity (Wildman–Crippen MR) is 88.9 cm³/mol. The van der Waals surface area contributed by atoms with Crippen LogP contribution in [0.5, 0.6) is 0 Å². The zero-order chi connectivity index (χ0) is 15.3. The molecule has 21 heavy (non-hydrogen) atoms. The van der Waals surface area contributed by atoms with Gasteiger partial charge in [0.25, 0.3) is 0 Å². The number of nitrogens with zero attached hydrogens (tertiary/aromatic N) is 3. The Kier molecular flexibility index (Phi) is 5.39. The summed E-state index contributed by atoms with van der Waals surface area (Å²) in [4.78, 5) is 11.2. The van der Waals surface area contributed by atoms with E-state index in [1.807, 2.05) is 7.05 Å². The van der Waals surface area contributed by atoms with Gasteiger partial charge in [0.1, 0.15) is 18.0 Å². The summed E-state index contributed by atoms with van der Waals surface area (Å²) in [7, 11) is 6.31. The van der Waals surface area contributed by atoms with Crippen molar-refractivity contribution in [3.05, 3.63) is 11.9 Å². The molecule has 5 heteroatoms. The van der Waals surface area contributed by atoms with Gasteiger partial charge in [0.2, 0.25) is 0 Å². The molecule has 2 rings (SSSR count). The van der Waals surface area contributed by atoms with Crippen LogP contribution >= 0.6 is 0 Å². The third-order valence-electron chi connectivity index (χ3n) is 4.75. The van der Waals surface area contributed by atoms with E-state index in [4.69, 9.17) is 0 Å². The second-order valence-corrected chi connectivity index (χ2v) is 6.23. The average Bonchev–Trinajstić information content (AvgIpc) is 2.96. The number of nitrogens with one attached hydrogen (secondary N) is 2. The molecule has 0 saturated heterocycles. The Hall–Kier alpha value is -1.36. The van der Waals surface area contributed by atoms with Crippen LogP contribution in [0.2, 0.25) is 0 Å². The first kappa shape index (κ1) is 16.0. The number of likely N-dealkylation sites (N-methyl/N-ethyl adjacent to an activating group) is 1. The summed E-state index contributed by atoms with van der Waals surface area (Å²) < 4.78 is 0. The molecule has 2 N–H and O–H groups in total. The van der Waals surface area contributed by atoms with Crippen LogP contribution in [0.15, 0.2) is 6.33 Å². The Morgan fingerprint density at radius 1 is 1.19 bits per heavy atom. The normalized spacial score (nSPS) is 17.2. The molecule has 0 radical (unpaired) electrons. The van der Waals surface area contributed by atoms with E-state index in [1.54, 1.807) is 6.33 Å². The van der Waals surface area contributed by atoms with Crippen molar-refractivity contribution in [2.45, 2.75) is 51.0 Å². The van der Waals surface area contributed by atoms with Crippen molar-refractivity contribution in [3.8, 4) is 0 Å². The molecular weight excluding hydrogens is 262 g/mol. The standard InChI is InChI=1S/C16H29N5/c1-5-8-13-14(17-2)19-12-20-15(13)18-11-16(21(3)4)9-6-7-10-16/h12H,5-11H2,1-4H3,(H2,17,18,19,20). The maximum Gasteiger partial charge on any atom is 0.134 e. The lowest BCUT2D eigenvalue weighted by Crippen LogP contribution is -2.47. The van der Waals surface area contributed by atoms with E-state index in [9.17, 15) is 0 Å². The summed E-state index contributed by atoms with van der Waals surface area (Å²) in [6.45, 7) is 3.14. The first-order valence-corrected chi connectivity index (χ1v) is 8.06. The molecule has 1 saturated carbocycles. The highest BCUT2D eigenvalue weighted by atomic mass is 15.2. The summed E-state index contributed by atoms with van der Waals surface area (Å²) in [5.41, 5.74) is 1.48. The van der Waals surface area contributed by atoms with Gasteiger partial charge in [0.05, 0.1) is 0 Å². The molecule has 1 heterocycles. The minimum Gasteiger partial charge on any atom is -0.373 e. The Morgan fingerprint density at radius 2 is 1.86 bits per heavy atom. The van der Waals surface area contributed by atoms with Crippen LogP contribution in [0, 0.1) is 0 Å². The van der Waals surface area contributed by atoms with Gasteiger partial charge in [-0.3, -0.25) is 0 Å². The highest BCUT2D eigenvalue weighted by Gasteiger charge is 2.35. The van der Waals surface area contributed by atoms with Gasteiger partial charge in [-0.15, -0.1) is 0 Å². The molecular formula is C16H29N5. The van der Waals surface area contributed by atoms with Gasteiger partial charge in [0.15, 0.2) is 0 Å². The number of hydrogen-bond donors (Lipinski definition) is 2. The van der Waals surface area contributed by atoms with Gasteiger partial charge >= 0.3 is 0 Å². The molecule has 0 amide bonds. The van der Waals surface area contributed by atoms with Gasteiger partial charge in [0, 0.05) is 24.7 Å². The highest BCUT2D eigenvalue weighted by molar-refractivity contribution is 5.57. The zero-order valence-electron chi connectivity index (χ0n) is 13.9. The molecule has 118 valence electrons. The van der Waals surface area contributed by atoms with Gasteiger partial charge in [-0.25, -0.2) is 9.97 Å². The minimum absolute atomic E-state index is 0.272. The molecule has 0 bridgehead atoms. The number of rotatable bonds is 7. The lowest BCUT2D eigenvalue weighted by atomic mass is 9.96. The van der Waals surface area contributed by atoms with E-state index in [-0.39, 0.29) is 5.54 Å². The second-order valence-electron chi connectivity index (χ2n) is 6.23. The Balaban J connectivity index is 2.15. The van der Waals surface area contributed by atoms with Crippen LogP contribution in [0.3, 0.4) is 0 Å². The fourth-order valence-corrected chi connectivity index (χ4v) is 3.33. The summed E-state index contributed by atoms with van der Waals surface area (Å²) >= 11 is 0. The summed E-state index contributed by atoms with van der Waals surface area (Å²) in [5, 5.41) is 6.78. The first-order valence-electron chi connectivity index (χ1n) is 8.06. The average molecular weight is 291 g/mol. The van der Waals surface area contributed by atoms with E-state index < -0.39 is 0 Å². The third kappa shape index (κ3) is 3.46. The van der Waals surface area contributed by atoms with Gasteiger partial charge in [-0.2, -0.15) is 0 Å². The van der Waals surface area contributed by atoms with Crippen LogP contribution in [-0.4, -0.2) is 48.1 Å². The van der Waals surface area contributed by atoms with Crippen LogP contribution in [-0.2, 0) is 6.42 Å². The summed E-state index contributed by atoms with van der Waals surface area (Å²) in [5.74, 6) is 1.93. The molecule has 0 aromatic carbocycles. The topological polar surface area (TPSA) is 53.1 Å². The zero-order valence-corrected chi connectivity index (χ0v) is 13.9. The molecule has 1 aromatic heterocycles. The lowest BCUT2D eigenvalue weighted by molar-refractivity contribution is 0.172. The predicted octanol–water partition coefficient (Wildman–Crippen LogP) is 2.76. The SMILES string of the molecule is CCCc1c(NC)ncnc1NCC1(N(C)C)CCCC1. The third-order valence-corrected chi connectivity index (χ3v) is 4.75. The molecule has 0 atom stereocenters. The van der Waals surface area contributed by atoms with E-state index in [1.165, 1.54) is 31.2 Å². The van der Waals surface area contributed by atoms with Gasteiger partial charge < -0.3 is 15.5 Å². The van der Waals surface area contributed by atoms with Crippen molar-refractivity contribution >= 4 is 11.6 Å². The Labute approximate surface area is 128 Å². The lowest BCUT2D eigenvalue weighted by Gasteiger charge is -2.36. The van der Waals surface area contributed by atoms with E-state index in [0.29, 0.717) is 0 Å². The number of hydrogen-bond acceptors (Lipinski definition) is 5. The molecule has 1 aliphatic rings. The maximum absolute atomic E-state index is 4.48. The highest BCUT2D eigenvalue weighted by Crippen LogP contribution is 2.34. The van der Waals surface area contributed by atoms with Crippen LogP contribution in [0.25, 0.3) is 0 Å². The molecule has 1 aliphatic carbocycles. The summed E-state index contributed by atoms with van der Waals surface area (Å²) in [6, 6.07) is 0. The molecule has 0 unspecified atom stereocenters. The molecule has 0 spiro atoms. The van der Waals surface area contributed by atoms with Gasteiger partial charge in [-0.05, 0) is 33.4 Å². The van der Waals surface area contributed by atoms with Crippen molar-refractivity contribution in [3.63, 3.8) is 0 Å². The van der Waals surface area contributed by atoms with E-state index in [0.717, 1.165) is 31.0 Å². The number of anilines is 2. The van der Waals surface area contributed by atoms with Crippen molar-refractivity contribution in [2.75, 3.05) is 38.3 Å². The van der Waals surface area contributed by atoms with Crippen LogP contribution in [0.1, 0.15) is 44.6 Å². The Bertz CT molecular complexity index is 452. The molecule has 1 fully saturated rings. The summed E-state index contributed by atoms with van der Waals surface area (Å²) in [6.07, 6.45) is 8.91. The maximum atomic E-state index is 4.48. The second kappa shape index (κ2) is 7.07. The van der Waals surface area contributed by atoms with Crippen molar-refractivity contribution in [1.82, 2.24) is 14.9 Å². The fourth-order valence-electron chi connectivity index (χ4n) is 3.33. The van der Waals surface area contributed by atoms with E-state index in [2.05, 4.69) is 46.5 Å². The van der Waals surface area contributed by atoms with Gasteiger partial charge in [-0.1, -0.05) is 26.2 Å². The minimum atomic E-state index is 0.272. The monoisotopic (exact) mass is 291 g/mol. The smallest absolute Gasteiger partial charge is 0.134 e. The van der Waals surface area contributed by atoms with E-state index >= 15 is 0 Å². The van der Waals surface area contributed by atoms with Crippen LogP contribution < -0.4 is 10.6 Å². The van der Waals surface area contributed by atoms with Crippen LogP contribution in [0.4, 0.5) is 11.6 Å². The molecule has 0 aliphatic heterocycles. The van der Waals surface area contributed by atoms with Crippen molar-refractivity contribution in [2.24, 2.45) is 0 Å². The fraction of sp³-hybridized carbons (Fsp3) is 0.750. The van der Waals surface area contributed by atoms with Crippen molar-refractivity contribution in [1.29, 1.82) is 0 Å². The first-order chi connectivity index (χ1) is 10.1. The molecule has 1 aromatic rings. The Morgan fingerprint density at radius 3 is 2.43 bits per heavy atom. The molecule has 5 nitrogen and oxygen atoms in total.